The van der Waals surface area contributed by atoms with Crippen LogP contribution in [0.25, 0.3) is 5.57 Å². The number of hydrogen-bond donors (Lipinski definition) is 1. The highest BCUT2D eigenvalue weighted by Gasteiger charge is 2.19. The van der Waals surface area contributed by atoms with Gasteiger partial charge in [-0.3, -0.25) is 0 Å². The SMILES string of the molecule is COC(C)=C(C(=O)O)c1ccccc1Oc1ccccc1. The number of hydrogen-bond acceptors (Lipinski definition) is 3. The van der Waals surface area contributed by atoms with Crippen LogP contribution in [0.3, 0.4) is 0 Å². The van der Waals surface area contributed by atoms with Crippen LogP contribution in [0.15, 0.2) is 60.4 Å². The van der Waals surface area contributed by atoms with Crippen LogP contribution in [-0.2, 0) is 9.53 Å². The number of rotatable bonds is 5. The van der Waals surface area contributed by atoms with Crippen LogP contribution in [0, 0.1) is 0 Å². The molecule has 0 unspecified atom stereocenters. The van der Waals surface area contributed by atoms with Crippen LogP contribution in [-0.4, -0.2) is 18.2 Å². The van der Waals surface area contributed by atoms with E-state index in [0.717, 1.165) is 0 Å². The summed E-state index contributed by atoms with van der Waals surface area (Å²) in [5.74, 6) is 0.382. The molecule has 2 aromatic carbocycles. The fourth-order valence-electron chi connectivity index (χ4n) is 1.94. The van der Waals surface area contributed by atoms with Crippen molar-refractivity contribution in [1.82, 2.24) is 0 Å². The predicted octanol–water partition coefficient (Wildman–Crippen LogP) is 3.94. The lowest BCUT2D eigenvalue weighted by molar-refractivity contribution is -0.130. The normalized spacial score (nSPS) is 11.5. The molecule has 21 heavy (non-hydrogen) atoms. The largest absolute Gasteiger partial charge is 0.500 e. The zero-order valence-corrected chi connectivity index (χ0v) is 11.9. The highest BCUT2D eigenvalue weighted by atomic mass is 16.5. The Hall–Kier alpha value is -2.75. The topological polar surface area (TPSA) is 55.8 Å². The molecule has 4 heteroatoms. The summed E-state index contributed by atoms with van der Waals surface area (Å²) in [4.78, 5) is 11.5. The van der Waals surface area contributed by atoms with Gasteiger partial charge in [-0.2, -0.15) is 0 Å². The van der Waals surface area contributed by atoms with E-state index >= 15 is 0 Å². The van der Waals surface area contributed by atoms with E-state index in [2.05, 4.69) is 0 Å². The van der Waals surface area contributed by atoms with Crippen LogP contribution >= 0.6 is 0 Å². The van der Waals surface area contributed by atoms with E-state index in [-0.39, 0.29) is 5.57 Å². The lowest BCUT2D eigenvalue weighted by Crippen LogP contribution is -2.05. The van der Waals surface area contributed by atoms with Crippen LogP contribution in [0.5, 0.6) is 11.5 Å². The van der Waals surface area contributed by atoms with Crippen molar-refractivity contribution in [3.63, 3.8) is 0 Å². The van der Waals surface area contributed by atoms with Crippen LogP contribution in [0.2, 0.25) is 0 Å². The molecular weight excluding hydrogens is 268 g/mol. The van der Waals surface area contributed by atoms with Gasteiger partial charge in [0.2, 0.25) is 0 Å². The fourth-order valence-corrected chi connectivity index (χ4v) is 1.94. The molecule has 0 aromatic heterocycles. The summed E-state index contributed by atoms with van der Waals surface area (Å²) in [6.07, 6.45) is 0. The van der Waals surface area contributed by atoms with Crippen LogP contribution in [0.4, 0.5) is 0 Å². The minimum Gasteiger partial charge on any atom is -0.500 e. The van der Waals surface area contributed by atoms with Crippen molar-refractivity contribution in [1.29, 1.82) is 0 Å². The minimum absolute atomic E-state index is 0.0871. The summed E-state index contributed by atoms with van der Waals surface area (Å²) >= 11 is 0. The summed E-state index contributed by atoms with van der Waals surface area (Å²) in [7, 11) is 1.44. The van der Waals surface area contributed by atoms with Gasteiger partial charge in [0.25, 0.3) is 0 Å². The lowest BCUT2D eigenvalue weighted by atomic mass is 10.0. The summed E-state index contributed by atoms with van der Waals surface area (Å²) in [5, 5.41) is 9.43. The Balaban J connectivity index is 2.48. The summed E-state index contributed by atoms with van der Waals surface area (Å²) in [5.41, 5.74) is 0.567. The van der Waals surface area contributed by atoms with Gasteiger partial charge in [0, 0.05) is 5.56 Å². The first-order valence-corrected chi connectivity index (χ1v) is 6.44. The van der Waals surface area contributed by atoms with Gasteiger partial charge in [0.05, 0.1) is 7.11 Å². The van der Waals surface area contributed by atoms with Gasteiger partial charge in [-0.1, -0.05) is 36.4 Å². The molecule has 0 aliphatic rings. The number of carboxylic acid groups (broad SMARTS) is 1. The monoisotopic (exact) mass is 284 g/mol. The van der Waals surface area contributed by atoms with Crippen molar-refractivity contribution in [3.8, 4) is 11.5 Å². The standard InChI is InChI=1S/C17H16O4/c1-12(20-2)16(17(18)19)14-10-6-7-11-15(14)21-13-8-4-3-5-9-13/h3-11H,1-2H3,(H,18,19). The highest BCUT2D eigenvalue weighted by Crippen LogP contribution is 2.32. The number of aliphatic carboxylic acids is 1. The molecule has 0 amide bonds. The van der Waals surface area contributed by atoms with Crippen LogP contribution < -0.4 is 4.74 Å². The van der Waals surface area contributed by atoms with Gasteiger partial charge >= 0.3 is 5.97 Å². The van der Waals surface area contributed by atoms with Gasteiger partial charge in [0.15, 0.2) is 0 Å². The maximum absolute atomic E-state index is 11.5. The molecule has 0 fully saturated rings. The first kappa shape index (κ1) is 14.7. The molecule has 4 nitrogen and oxygen atoms in total. The van der Waals surface area contributed by atoms with Crippen molar-refractivity contribution in [2.75, 3.05) is 7.11 Å². The molecule has 0 radical (unpaired) electrons. The van der Waals surface area contributed by atoms with E-state index in [4.69, 9.17) is 9.47 Å². The van der Waals surface area contributed by atoms with Crippen molar-refractivity contribution in [2.45, 2.75) is 6.92 Å². The molecule has 2 rings (SSSR count). The summed E-state index contributed by atoms with van der Waals surface area (Å²) in [6.45, 7) is 1.61. The first-order chi connectivity index (χ1) is 10.1. The van der Waals surface area contributed by atoms with Gasteiger partial charge < -0.3 is 14.6 Å². The van der Waals surface area contributed by atoms with Gasteiger partial charge in [-0.25, -0.2) is 4.79 Å². The third kappa shape index (κ3) is 3.42. The number of carbonyl (C=O) groups is 1. The number of allylic oxidation sites excluding steroid dienone is 1. The Kier molecular flexibility index (Phi) is 4.61. The molecule has 0 saturated heterocycles. The molecule has 2 aromatic rings. The van der Waals surface area contributed by atoms with E-state index in [1.807, 2.05) is 30.3 Å². The molecule has 108 valence electrons. The molecule has 0 spiro atoms. The van der Waals surface area contributed by atoms with E-state index in [1.54, 1.807) is 31.2 Å². The van der Waals surface area contributed by atoms with Gasteiger partial charge in [0.1, 0.15) is 22.8 Å². The smallest absolute Gasteiger partial charge is 0.339 e. The average molecular weight is 284 g/mol. The van der Waals surface area contributed by atoms with Gasteiger partial charge in [-0.15, -0.1) is 0 Å². The average Bonchev–Trinajstić information content (AvgIpc) is 2.49. The van der Waals surface area contributed by atoms with Gasteiger partial charge in [-0.05, 0) is 25.1 Å². The lowest BCUT2D eigenvalue weighted by Gasteiger charge is -2.13. The van der Waals surface area contributed by atoms with E-state index < -0.39 is 5.97 Å². The number of benzene rings is 2. The number of carboxylic acids is 1. The highest BCUT2D eigenvalue weighted by molar-refractivity contribution is 6.16. The molecule has 0 aliphatic carbocycles. The summed E-state index contributed by atoms with van der Waals surface area (Å²) < 4.78 is 10.9. The quantitative estimate of drug-likeness (QED) is 0.667. The molecule has 1 N–H and O–H groups in total. The Bertz CT molecular complexity index is 660. The third-order valence-corrected chi connectivity index (χ3v) is 3.00. The Labute approximate surface area is 123 Å². The van der Waals surface area contributed by atoms with Crippen LogP contribution in [0.1, 0.15) is 12.5 Å². The number of ether oxygens (including phenoxy) is 2. The number of para-hydroxylation sites is 2. The second-order valence-corrected chi connectivity index (χ2v) is 4.35. The zero-order chi connectivity index (χ0) is 15.2. The second-order valence-electron chi connectivity index (χ2n) is 4.35. The molecule has 0 bridgehead atoms. The van der Waals surface area contributed by atoms with E-state index in [1.165, 1.54) is 7.11 Å². The van der Waals surface area contributed by atoms with Crippen molar-refractivity contribution >= 4 is 11.5 Å². The zero-order valence-electron chi connectivity index (χ0n) is 11.9. The Morgan fingerprint density at radius 1 is 1.00 bits per heavy atom. The maximum atomic E-state index is 11.5. The Morgan fingerprint density at radius 2 is 1.62 bits per heavy atom. The fraction of sp³-hybridized carbons (Fsp3) is 0.118. The van der Waals surface area contributed by atoms with E-state index in [9.17, 15) is 9.90 Å². The molecule has 0 aliphatic heterocycles. The second kappa shape index (κ2) is 6.61. The van der Waals surface area contributed by atoms with Crippen molar-refractivity contribution in [2.24, 2.45) is 0 Å². The first-order valence-electron chi connectivity index (χ1n) is 6.44. The Morgan fingerprint density at radius 3 is 2.24 bits per heavy atom. The molecule has 0 heterocycles. The van der Waals surface area contributed by atoms with E-state index in [0.29, 0.717) is 22.8 Å². The number of methoxy groups -OCH3 is 1. The van der Waals surface area contributed by atoms with Crippen molar-refractivity contribution in [3.05, 3.63) is 65.9 Å². The molecule has 0 atom stereocenters. The summed E-state index contributed by atoms with van der Waals surface area (Å²) in [6, 6.07) is 16.2. The van der Waals surface area contributed by atoms with Crippen molar-refractivity contribution < 1.29 is 19.4 Å². The maximum Gasteiger partial charge on any atom is 0.339 e. The predicted molar refractivity (Wildman–Crippen MR) is 80.2 cm³/mol. The minimum atomic E-state index is -1.06. The molecular formula is C17H16O4. The molecule has 0 saturated carbocycles. The third-order valence-electron chi connectivity index (χ3n) is 3.00.